The number of hydrogen-bond acceptors (Lipinski definition) is 6. The molecule has 0 bridgehead atoms. The first-order chi connectivity index (χ1) is 12.7. The van der Waals surface area contributed by atoms with Gasteiger partial charge in [0.1, 0.15) is 22.8 Å². The largest absolute Gasteiger partial charge is 0.360 e. The van der Waals surface area contributed by atoms with Crippen LogP contribution in [-0.2, 0) is 0 Å². The average Bonchev–Trinajstić information content (AvgIpc) is 3.30. The van der Waals surface area contributed by atoms with E-state index in [1.165, 1.54) is 0 Å². The van der Waals surface area contributed by atoms with Gasteiger partial charge in [0, 0.05) is 31.5 Å². The predicted molar refractivity (Wildman–Crippen MR) is 96.8 cm³/mol. The zero-order valence-electron chi connectivity index (χ0n) is 14.4. The lowest BCUT2D eigenvalue weighted by molar-refractivity contribution is 0.0939. The van der Waals surface area contributed by atoms with Crippen molar-refractivity contribution in [2.45, 2.75) is 19.4 Å². The second kappa shape index (κ2) is 6.95. The smallest absolute Gasteiger partial charge is 0.257 e. The number of anilines is 1. The van der Waals surface area contributed by atoms with Gasteiger partial charge in [0.2, 0.25) is 0 Å². The Morgan fingerprint density at radius 3 is 2.73 bits per heavy atom. The maximum atomic E-state index is 12.8. The van der Waals surface area contributed by atoms with Crippen molar-refractivity contribution in [1.82, 2.24) is 20.4 Å². The number of aromatic nitrogens is 3. The van der Waals surface area contributed by atoms with E-state index in [1.807, 2.05) is 36.4 Å². The first-order valence-electron chi connectivity index (χ1n) is 8.57. The highest BCUT2D eigenvalue weighted by Gasteiger charge is 2.28. The van der Waals surface area contributed by atoms with Gasteiger partial charge in [-0.05, 0) is 37.6 Å². The first-order valence-corrected chi connectivity index (χ1v) is 8.57. The highest BCUT2D eigenvalue weighted by Crippen LogP contribution is 2.24. The molecule has 132 valence electrons. The third kappa shape index (κ3) is 3.15. The highest BCUT2D eigenvalue weighted by atomic mass is 16.5. The Bertz CT molecular complexity index is 895. The molecule has 1 aliphatic heterocycles. The maximum Gasteiger partial charge on any atom is 0.257 e. The zero-order valence-corrected chi connectivity index (χ0v) is 14.4. The Balaban J connectivity index is 1.49. The number of rotatable bonds is 4. The summed E-state index contributed by atoms with van der Waals surface area (Å²) in [6.45, 7) is 3.33. The van der Waals surface area contributed by atoms with E-state index in [0.717, 1.165) is 25.3 Å². The van der Waals surface area contributed by atoms with Gasteiger partial charge in [0.25, 0.3) is 5.91 Å². The molecule has 0 aromatic carbocycles. The molecule has 7 nitrogen and oxygen atoms in total. The monoisotopic (exact) mass is 349 g/mol. The molecule has 26 heavy (non-hydrogen) atoms. The summed E-state index contributed by atoms with van der Waals surface area (Å²) in [5.41, 5.74) is 1.54. The number of pyridine rings is 2. The molecular formula is C19H19N5O2. The highest BCUT2D eigenvalue weighted by molar-refractivity contribution is 6.00. The Labute approximate surface area is 151 Å². The fraction of sp³-hybridized carbons (Fsp3) is 0.263. The van der Waals surface area contributed by atoms with E-state index in [9.17, 15) is 4.79 Å². The molecule has 0 saturated carbocycles. The Morgan fingerprint density at radius 1 is 1.19 bits per heavy atom. The molecule has 1 atom stereocenters. The second-order valence-electron chi connectivity index (χ2n) is 6.27. The predicted octanol–water partition coefficient (Wildman–Crippen LogP) is 2.45. The summed E-state index contributed by atoms with van der Waals surface area (Å²) in [6, 6.07) is 11.4. The molecule has 1 aliphatic rings. The van der Waals surface area contributed by atoms with Gasteiger partial charge < -0.3 is 14.7 Å². The number of carbonyl (C=O) groups excluding carboxylic acids is 1. The van der Waals surface area contributed by atoms with E-state index in [4.69, 9.17) is 4.52 Å². The van der Waals surface area contributed by atoms with Gasteiger partial charge in [-0.25, -0.2) is 4.98 Å². The van der Waals surface area contributed by atoms with Crippen molar-refractivity contribution in [3.63, 3.8) is 0 Å². The molecule has 4 heterocycles. The van der Waals surface area contributed by atoms with Crippen LogP contribution < -0.4 is 10.2 Å². The van der Waals surface area contributed by atoms with Crippen molar-refractivity contribution in [2.24, 2.45) is 0 Å². The lowest BCUT2D eigenvalue weighted by atomic mass is 10.1. The van der Waals surface area contributed by atoms with Crippen LogP contribution in [0.2, 0.25) is 0 Å². The van der Waals surface area contributed by atoms with E-state index >= 15 is 0 Å². The van der Waals surface area contributed by atoms with E-state index in [0.29, 0.717) is 22.7 Å². The van der Waals surface area contributed by atoms with Gasteiger partial charge >= 0.3 is 0 Å². The first kappa shape index (κ1) is 16.3. The van der Waals surface area contributed by atoms with Crippen molar-refractivity contribution in [2.75, 3.05) is 18.0 Å². The van der Waals surface area contributed by atoms with Gasteiger partial charge in [-0.3, -0.25) is 9.78 Å². The van der Waals surface area contributed by atoms with Gasteiger partial charge in [-0.2, -0.15) is 0 Å². The molecular weight excluding hydrogens is 330 g/mol. The fourth-order valence-electron chi connectivity index (χ4n) is 3.20. The van der Waals surface area contributed by atoms with Crippen LogP contribution in [0, 0.1) is 6.92 Å². The average molecular weight is 349 g/mol. The lowest BCUT2D eigenvalue weighted by Gasteiger charge is -2.17. The molecule has 3 aromatic heterocycles. The lowest BCUT2D eigenvalue weighted by Crippen LogP contribution is -2.37. The number of hydrogen-bond donors (Lipinski definition) is 1. The zero-order chi connectivity index (χ0) is 17.9. The minimum Gasteiger partial charge on any atom is -0.360 e. The van der Waals surface area contributed by atoms with E-state index < -0.39 is 0 Å². The van der Waals surface area contributed by atoms with Crippen molar-refractivity contribution >= 4 is 11.7 Å². The van der Waals surface area contributed by atoms with E-state index in [2.05, 4.69) is 25.3 Å². The summed E-state index contributed by atoms with van der Waals surface area (Å²) < 4.78 is 5.25. The Kier molecular flexibility index (Phi) is 4.35. The van der Waals surface area contributed by atoms with Gasteiger partial charge in [-0.15, -0.1) is 0 Å². The van der Waals surface area contributed by atoms with Crippen LogP contribution >= 0.6 is 0 Å². The van der Waals surface area contributed by atoms with Gasteiger partial charge in [-0.1, -0.05) is 17.3 Å². The Morgan fingerprint density at radius 2 is 2.00 bits per heavy atom. The SMILES string of the molecule is Cc1onc(-c2ccccn2)c1C(=O)N[C@H]1CCN(c2ccccn2)C1. The maximum absolute atomic E-state index is 12.8. The normalized spacial score (nSPS) is 16.7. The molecule has 7 heteroatoms. The van der Waals surface area contributed by atoms with Crippen LogP contribution in [0.4, 0.5) is 5.82 Å². The minimum atomic E-state index is -0.183. The second-order valence-corrected chi connectivity index (χ2v) is 6.27. The van der Waals surface area contributed by atoms with Crippen molar-refractivity contribution in [3.05, 3.63) is 60.1 Å². The molecule has 1 saturated heterocycles. The van der Waals surface area contributed by atoms with Gasteiger partial charge in [0.15, 0.2) is 0 Å². The van der Waals surface area contributed by atoms with Crippen LogP contribution in [0.1, 0.15) is 22.5 Å². The quantitative estimate of drug-likeness (QED) is 0.779. The summed E-state index contributed by atoms with van der Waals surface area (Å²) in [5, 5.41) is 7.12. The van der Waals surface area contributed by atoms with E-state index in [1.54, 1.807) is 19.3 Å². The molecule has 0 radical (unpaired) electrons. The van der Waals surface area contributed by atoms with Crippen LogP contribution in [0.5, 0.6) is 0 Å². The van der Waals surface area contributed by atoms with Gasteiger partial charge in [0.05, 0.1) is 5.69 Å². The third-order valence-corrected chi connectivity index (χ3v) is 4.49. The Hall–Kier alpha value is -3.22. The van der Waals surface area contributed by atoms with E-state index in [-0.39, 0.29) is 11.9 Å². The number of nitrogens with zero attached hydrogens (tertiary/aromatic N) is 4. The molecule has 1 amide bonds. The van der Waals surface area contributed by atoms with Crippen LogP contribution in [0.25, 0.3) is 11.4 Å². The number of amides is 1. The van der Waals surface area contributed by atoms with Crippen molar-refractivity contribution in [3.8, 4) is 11.4 Å². The number of nitrogens with one attached hydrogen (secondary N) is 1. The van der Waals surface area contributed by atoms with Crippen LogP contribution in [0.3, 0.4) is 0 Å². The third-order valence-electron chi connectivity index (χ3n) is 4.49. The number of carbonyl (C=O) groups is 1. The van der Waals surface area contributed by atoms with Crippen molar-refractivity contribution < 1.29 is 9.32 Å². The fourth-order valence-corrected chi connectivity index (χ4v) is 3.20. The number of aryl methyl sites for hydroxylation is 1. The van der Waals surface area contributed by atoms with Crippen molar-refractivity contribution in [1.29, 1.82) is 0 Å². The summed E-state index contributed by atoms with van der Waals surface area (Å²) in [7, 11) is 0. The molecule has 1 fully saturated rings. The summed E-state index contributed by atoms with van der Waals surface area (Å²) in [4.78, 5) is 23.7. The molecule has 0 aliphatic carbocycles. The van der Waals surface area contributed by atoms with Crippen LogP contribution in [-0.4, -0.2) is 40.2 Å². The van der Waals surface area contributed by atoms with Crippen LogP contribution in [0.15, 0.2) is 53.3 Å². The molecule has 1 N–H and O–H groups in total. The summed E-state index contributed by atoms with van der Waals surface area (Å²) in [6.07, 6.45) is 4.31. The topological polar surface area (TPSA) is 84.1 Å². The summed E-state index contributed by atoms with van der Waals surface area (Å²) in [5.74, 6) is 1.24. The molecule has 4 rings (SSSR count). The molecule has 0 unspecified atom stereocenters. The minimum absolute atomic E-state index is 0.0513. The standard InChI is InChI=1S/C19H19N5O2/c1-13-17(18(23-26-13)15-6-2-4-9-20-15)19(25)22-14-8-11-24(12-14)16-7-3-5-10-21-16/h2-7,9-10,14H,8,11-12H2,1H3,(H,22,25)/t14-/m0/s1. The molecule has 0 spiro atoms. The summed E-state index contributed by atoms with van der Waals surface area (Å²) >= 11 is 0. The molecule has 3 aromatic rings.